The Morgan fingerprint density at radius 3 is 2.64 bits per heavy atom. The summed E-state index contributed by atoms with van der Waals surface area (Å²) in [5.41, 5.74) is 1.68. The zero-order chi connectivity index (χ0) is 19.9. The quantitative estimate of drug-likeness (QED) is 0.654. The van der Waals surface area contributed by atoms with Crippen molar-refractivity contribution in [2.75, 3.05) is 6.54 Å². The van der Waals surface area contributed by atoms with Crippen molar-refractivity contribution < 1.29 is 13.2 Å². The fourth-order valence-electron chi connectivity index (χ4n) is 3.99. The summed E-state index contributed by atoms with van der Waals surface area (Å²) in [6.45, 7) is 4.78. The molecule has 3 aromatic heterocycles. The molecule has 0 amide bonds. The van der Waals surface area contributed by atoms with Crippen molar-refractivity contribution in [1.82, 2.24) is 24.5 Å². The Labute approximate surface area is 161 Å². The molecule has 8 heteroatoms. The Kier molecular flexibility index (Phi) is 4.82. The monoisotopic (exact) mass is 389 g/mol. The van der Waals surface area contributed by atoms with E-state index in [4.69, 9.17) is 0 Å². The van der Waals surface area contributed by atoms with Gasteiger partial charge in [0.05, 0.1) is 11.7 Å². The van der Waals surface area contributed by atoms with Gasteiger partial charge in [-0.3, -0.25) is 9.88 Å². The molecule has 1 fully saturated rings. The lowest BCUT2D eigenvalue weighted by molar-refractivity contribution is -0.142. The van der Waals surface area contributed by atoms with Crippen molar-refractivity contribution in [2.45, 2.75) is 51.4 Å². The molecule has 3 aromatic rings. The average molecular weight is 389 g/mol. The highest BCUT2D eigenvalue weighted by molar-refractivity contribution is 5.43. The van der Waals surface area contributed by atoms with Crippen LogP contribution in [0.1, 0.15) is 61.4 Å². The molecular weight excluding hydrogens is 367 g/mol. The first-order valence-corrected chi connectivity index (χ1v) is 9.51. The van der Waals surface area contributed by atoms with Crippen LogP contribution >= 0.6 is 0 Å². The van der Waals surface area contributed by atoms with Crippen LogP contribution in [-0.4, -0.2) is 31.0 Å². The lowest BCUT2D eigenvalue weighted by atomic mass is 10.1. The van der Waals surface area contributed by atoms with Crippen LogP contribution < -0.4 is 0 Å². The molecule has 0 aliphatic carbocycles. The number of aromatic nitrogens is 4. The molecule has 28 heavy (non-hydrogen) atoms. The molecule has 0 aromatic carbocycles. The first-order valence-electron chi connectivity index (χ1n) is 9.51. The van der Waals surface area contributed by atoms with E-state index in [9.17, 15) is 13.2 Å². The van der Waals surface area contributed by atoms with Crippen molar-refractivity contribution >= 4 is 5.65 Å². The minimum absolute atomic E-state index is 0.0315. The van der Waals surface area contributed by atoms with Gasteiger partial charge in [0.15, 0.2) is 5.65 Å². The molecule has 2 atom stereocenters. The van der Waals surface area contributed by atoms with Crippen LogP contribution in [0.25, 0.3) is 5.65 Å². The fraction of sp³-hybridized carbons (Fsp3) is 0.450. The van der Waals surface area contributed by atoms with Crippen molar-refractivity contribution in [2.24, 2.45) is 0 Å². The van der Waals surface area contributed by atoms with E-state index in [1.54, 1.807) is 25.4 Å². The molecule has 0 bridgehead atoms. The lowest BCUT2D eigenvalue weighted by Gasteiger charge is -2.30. The number of rotatable bonds is 4. The molecule has 0 N–H and O–H groups in total. The van der Waals surface area contributed by atoms with E-state index in [2.05, 4.69) is 26.9 Å². The summed E-state index contributed by atoms with van der Waals surface area (Å²) < 4.78 is 41.6. The van der Waals surface area contributed by atoms with Gasteiger partial charge >= 0.3 is 6.18 Å². The highest BCUT2D eigenvalue weighted by Crippen LogP contribution is 2.39. The third-order valence-electron chi connectivity index (χ3n) is 5.47. The fourth-order valence-corrected chi connectivity index (χ4v) is 3.99. The van der Waals surface area contributed by atoms with E-state index in [0.717, 1.165) is 35.5 Å². The Hall–Kier alpha value is -2.48. The number of halogens is 3. The SMILES string of the molecule is CCc1cc(C(F)(F)F)n2nc([C@@H]3CCCN3[C@@H](C)c3ccncc3)cc2n1. The number of likely N-dealkylation sites (tertiary alicyclic amines) is 1. The van der Waals surface area contributed by atoms with Gasteiger partial charge in [0.2, 0.25) is 0 Å². The van der Waals surface area contributed by atoms with Gasteiger partial charge in [-0.05, 0) is 56.5 Å². The molecule has 5 nitrogen and oxygen atoms in total. The van der Waals surface area contributed by atoms with Gasteiger partial charge in [0.1, 0.15) is 5.69 Å². The molecule has 1 saturated heterocycles. The van der Waals surface area contributed by atoms with E-state index in [1.807, 2.05) is 12.1 Å². The van der Waals surface area contributed by atoms with Crippen LogP contribution in [0.2, 0.25) is 0 Å². The van der Waals surface area contributed by atoms with E-state index in [-0.39, 0.29) is 17.7 Å². The van der Waals surface area contributed by atoms with Crippen LogP contribution in [0.5, 0.6) is 0 Å². The van der Waals surface area contributed by atoms with Gasteiger partial charge in [0.25, 0.3) is 0 Å². The third-order valence-corrected chi connectivity index (χ3v) is 5.47. The summed E-state index contributed by atoms with van der Waals surface area (Å²) in [4.78, 5) is 10.7. The zero-order valence-electron chi connectivity index (χ0n) is 15.8. The van der Waals surface area contributed by atoms with Gasteiger partial charge in [-0.1, -0.05) is 6.92 Å². The second-order valence-electron chi connectivity index (χ2n) is 7.18. The Morgan fingerprint density at radius 2 is 1.96 bits per heavy atom. The minimum atomic E-state index is -4.48. The largest absolute Gasteiger partial charge is 0.433 e. The summed E-state index contributed by atoms with van der Waals surface area (Å²) in [5, 5.41) is 4.34. The second-order valence-corrected chi connectivity index (χ2v) is 7.18. The predicted molar refractivity (Wildman–Crippen MR) is 98.7 cm³/mol. The van der Waals surface area contributed by atoms with E-state index in [0.29, 0.717) is 17.8 Å². The van der Waals surface area contributed by atoms with Crippen molar-refractivity contribution in [1.29, 1.82) is 0 Å². The van der Waals surface area contributed by atoms with Crippen LogP contribution in [0.4, 0.5) is 13.2 Å². The van der Waals surface area contributed by atoms with Gasteiger partial charge in [-0.25, -0.2) is 9.50 Å². The first kappa shape index (κ1) is 18.9. The smallest absolute Gasteiger partial charge is 0.288 e. The molecule has 0 spiro atoms. The summed E-state index contributed by atoms with van der Waals surface area (Å²) in [7, 11) is 0. The molecule has 1 aliphatic rings. The topological polar surface area (TPSA) is 46.3 Å². The lowest BCUT2D eigenvalue weighted by Crippen LogP contribution is -2.27. The van der Waals surface area contributed by atoms with Crippen molar-refractivity contribution in [3.8, 4) is 0 Å². The van der Waals surface area contributed by atoms with Crippen LogP contribution in [0, 0.1) is 0 Å². The number of fused-ring (bicyclic) bond motifs is 1. The number of alkyl halides is 3. The van der Waals surface area contributed by atoms with Gasteiger partial charge in [0, 0.05) is 30.2 Å². The predicted octanol–water partition coefficient (Wildman–Crippen LogP) is 4.60. The van der Waals surface area contributed by atoms with Gasteiger partial charge in [-0.2, -0.15) is 18.3 Å². The zero-order valence-corrected chi connectivity index (χ0v) is 15.8. The standard InChI is InChI=1S/C20H22F3N5/c1-3-15-11-18(20(21,22)23)28-19(25-15)12-16(26-28)17-5-4-10-27(17)13(2)14-6-8-24-9-7-14/h6-9,11-13,17H,3-5,10H2,1-2H3/t13-,17-/m0/s1. The highest BCUT2D eigenvalue weighted by atomic mass is 19.4. The number of hydrogen-bond acceptors (Lipinski definition) is 4. The summed E-state index contributed by atoms with van der Waals surface area (Å²) in [5.74, 6) is 0. The molecule has 148 valence electrons. The van der Waals surface area contributed by atoms with Crippen LogP contribution in [0.3, 0.4) is 0 Å². The molecule has 4 rings (SSSR count). The average Bonchev–Trinajstić information content (AvgIpc) is 3.32. The maximum atomic E-state index is 13.5. The first-order chi connectivity index (χ1) is 13.4. The normalized spacial score (nSPS) is 19.4. The molecule has 1 aliphatic heterocycles. The van der Waals surface area contributed by atoms with Crippen molar-refractivity contribution in [3.63, 3.8) is 0 Å². The second kappa shape index (κ2) is 7.16. The van der Waals surface area contributed by atoms with Gasteiger partial charge in [-0.15, -0.1) is 0 Å². The molecule has 0 radical (unpaired) electrons. The highest BCUT2D eigenvalue weighted by Gasteiger charge is 2.37. The van der Waals surface area contributed by atoms with Crippen molar-refractivity contribution in [3.05, 3.63) is 59.3 Å². The Morgan fingerprint density at radius 1 is 1.21 bits per heavy atom. The maximum absolute atomic E-state index is 13.5. The van der Waals surface area contributed by atoms with Crippen LogP contribution in [-0.2, 0) is 12.6 Å². The number of aryl methyl sites for hydroxylation is 1. The number of nitrogens with zero attached hydrogens (tertiary/aromatic N) is 5. The minimum Gasteiger partial charge on any atom is -0.288 e. The van der Waals surface area contributed by atoms with Crippen LogP contribution in [0.15, 0.2) is 36.7 Å². The van der Waals surface area contributed by atoms with Gasteiger partial charge < -0.3 is 0 Å². The molecular formula is C20H22F3N5. The van der Waals surface area contributed by atoms with E-state index < -0.39 is 11.9 Å². The van der Waals surface area contributed by atoms with E-state index >= 15 is 0 Å². The Bertz CT molecular complexity index is 967. The molecule has 0 saturated carbocycles. The summed E-state index contributed by atoms with van der Waals surface area (Å²) in [6.07, 6.45) is 1.32. The molecule has 0 unspecified atom stereocenters. The third kappa shape index (κ3) is 3.37. The number of hydrogen-bond donors (Lipinski definition) is 0. The summed E-state index contributed by atoms with van der Waals surface area (Å²) in [6, 6.07) is 6.84. The maximum Gasteiger partial charge on any atom is 0.433 e. The Balaban J connectivity index is 1.74. The van der Waals surface area contributed by atoms with E-state index in [1.165, 1.54) is 0 Å². The molecule has 4 heterocycles. The summed E-state index contributed by atoms with van der Waals surface area (Å²) >= 11 is 0. The number of pyridine rings is 1.